The topological polar surface area (TPSA) is 171 Å². The third-order valence-corrected chi connectivity index (χ3v) is 6.70. The van der Waals surface area contributed by atoms with Crippen molar-refractivity contribution in [1.29, 1.82) is 0 Å². The predicted molar refractivity (Wildman–Crippen MR) is 131 cm³/mol. The van der Waals surface area contributed by atoms with E-state index in [1.807, 2.05) is 30.3 Å². The van der Waals surface area contributed by atoms with Crippen molar-refractivity contribution >= 4 is 39.6 Å². The van der Waals surface area contributed by atoms with Gasteiger partial charge in [-0.25, -0.2) is 4.79 Å². The monoisotopic (exact) mass is 535 g/mol. The Morgan fingerprint density at radius 3 is 2.58 bits per heavy atom. The molecule has 1 N–H and O–H groups in total. The third-order valence-electron chi connectivity index (χ3n) is 4.87. The highest BCUT2D eigenvalue weighted by Gasteiger charge is 2.22. The number of nitrogens with one attached hydrogen (secondary N) is 1. The van der Waals surface area contributed by atoms with E-state index in [-0.39, 0.29) is 30.4 Å². The molecule has 3 aromatic rings. The Morgan fingerprint density at radius 1 is 1.19 bits per heavy atom. The van der Waals surface area contributed by atoms with Gasteiger partial charge in [-0.3, -0.25) is 32.4 Å². The zero-order valence-corrected chi connectivity index (χ0v) is 21.0. The molecule has 3 rings (SSSR count). The second-order valence-corrected chi connectivity index (χ2v) is 9.23. The number of ether oxygens (including phenoxy) is 1. The van der Waals surface area contributed by atoms with E-state index >= 15 is 0 Å². The number of esters is 1. The zero-order valence-electron chi connectivity index (χ0n) is 19.4. The minimum absolute atomic E-state index is 0.0817. The highest BCUT2D eigenvalue weighted by Crippen LogP contribution is 2.28. The molecular weight excluding hydrogens is 512 g/mol. The van der Waals surface area contributed by atoms with Crippen LogP contribution in [0.1, 0.15) is 12.5 Å². The summed E-state index contributed by atoms with van der Waals surface area (Å²) in [5.41, 5.74) is -0.386. The molecular formula is C21H23N6O7S2-. The minimum Gasteiger partial charge on any atom is -0.755 e. The van der Waals surface area contributed by atoms with Gasteiger partial charge in [0.2, 0.25) is 11.0 Å². The number of amides is 1. The van der Waals surface area contributed by atoms with Crippen molar-refractivity contribution in [3.8, 4) is 10.6 Å². The van der Waals surface area contributed by atoms with Crippen molar-refractivity contribution < 1.29 is 23.1 Å². The Hall–Kier alpha value is -3.69. The highest BCUT2D eigenvalue weighted by atomic mass is 32.2. The van der Waals surface area contributed by atoms with Gasteiger partial charge in [0.25, 0.3) is 5.56 Å². The minimum atomic E-state index is -2.75. The molecule has 0 bridgehead atoms. The van der Waals surface area contributed by atoms with Crippen LogP contribution in [0.2, 0.25) is 0 Å². The Balaban J connectivity index is 1.79. The predicted octanol–water partition coefficient (Wildman–Crippen LogP) is 0.0559. The molecule has 0 radical (unpaired) electrons. The first-order valence-electron chi connectivity index (χ1n) is 10.7. The maximum absolute atomic E-state index is 13.0. The molecule has 0 aliphatic carbocycles. The van der Waals surface area contributed by atoms with E-state index in [0.717, 1.165) is 30.7 Å². The largest absolute Gasteiger partial charge is 0.755 e. The maximum Gasteiger partial charge on any atom is 0.328 e. The van der Waals surface area contributed by atoms with E-state index in [9.17, 15) is 27.9 Å². The van der Waals surface area contributed by atoms with Crippen molar-refractivity contribution in [3.05, 3.63) is 62.9 Å². The van der Waals surface area contributed by atoms with Gasteiger partial charge < -0.3 is 14.2 Å². The van der Waals surface area contributed by atoms with Crippen LogP contribution in [-0.2, 0) is 32.1 Å². The van der Waals surface area contributed by atoms with E-state index in [4.69, 9.17) is 4.74 Å². The zero-order chi connectivity index (χ0) is 26.2. The number of aromatic nitrogens is 4. The fourth-order valence-electron chi connectivity index (χ4n) is 3.10. The molecule has 1 atom stereocenters. The number of carbonyl (C=O) groups excluding carboxylic acids is 2. The van der Waals surface area contributed by atoms with E-state index < -0.39 is 47.5 Å². The van der Waals surface area contributed by atoms with Crippen LogP contribution in [0.15, 0.2) is 46.1 Å². The van der Waals surface area contributed by atoms with E-state index in [0.29, 0.717) is 5.01 Å². The Bertz CT molecular complexity index is 1350. The molecule has 0 aliphatic rings. The van der Waals surface area contributed by atoms with E-state index in [1.54, 1.807) is 6.92 Å². The number of anilines is 1. The molecule has 0 spiro atoms. The van der Waals surface area contributed by atoms with Gasteiger partial charge in [-0.2, -0.15) is 0 Å². The Kier molecular flexibility index (Phi) is 9.21. The third kappa shape index (κ3) is 6.93. The van der Waals surface area contributed by atoms with Crippen LogP contribution in [-0.4, -0.2) is 71.5 Å². The quantitative estimate of drug-likeness (QED) is 0.263. The lowest BCUT2D eigenvalue weighted by atomic mass is 10.2. The van der Waals surface area contributed by atoms with Gasteiger partial charge in [-0.15, -0.1) is 10.2 Å². The van der Waals surface area contributed by atoms with Crippen LogP contribution < -0.4 is 15.6 Å². The van der Waals surface area contributed by atoms with Crippen LogP contribution >= 0.6 is 11.3 Å². The van der Waals surface area contributed by atoms with E-state index in [1.165, 1.54) is 13.1 Å². The molecule has 2 aromatic heterocycles. The van der Waals surface area contributed by atoms with Gasteiger partial charge in [0, 0.05) is 35.1 Å². The lowest BCUT2D eigenvalue weighted by molar-refractivity contribution is -0.149. The number of aryl methyl sites for hydroxylation is 1. The molecule has 1 unspecified atom stereocenters. The summed E-state index contributed by atoms with van der Waals surface area (Å²) in [6.45, 7) is 1.79. The van der Waals surface area contributed by atoms with Crippen molar-refractivity contribution in [2.45, 2.75) is 20.4 Å². The molecule has 36 heavy (non-hydrogen) atoms. The van der Waals surface area contributed by atoms with Gasteiger partial charge in [0.15, 0.2) is 0 Å². The number of hydrogen-bond acceptors (Lipinski definition) is 10. The fraction of sp³-hybridized carbons (Fsp3) is 0.333. The van der Waals surface area contributed by atoms with Gasteiger partial charge in [0.1, 0.15) is 18.1 Å². The summed E-state index contributed by atoms with van der Waals surface area (Å²) in [6.07, 6.45) is 1.23. The summed E-state index contributed by atoms with van der Waals surface area (Å²) in [7, 11) is 0. The molecule has 0 aliphatic heterocycles. The normalized spacial score (nSPS) is 11.6. The molecule has 13 nitrogen and oxygen atoms in total. The second kappa shape index (κ2) is 12.3. The van der Waals surface area contributed by atoms with Gasteiger partial charge in [-0.05, 0) is 13.8 Å². The first-order chi connectivity index (χ1) is 17.2. The van der Waals surface area contributed by atoms with Crippen LogP contribution in [0.3, 0.4) is 0 Å². The highest BCUT2D eigenvalue weighted by molar-refractivity contribution is 7.80. The number of benzene rings is 1. The number of carbonyl (C=O) groups is 2. The van der Waals surface area contributed by atoms with Crippen molar-refractivity contribution in [2.75, 3.05) is 30.5 Å². The SMILES string of the molecule is CCOC(=O)CN(CCN(c1nnc(-c2ccccc2)s1)S(=O)[O-])C(=O)Cn1cc(C)c(=O)[nH]c1=O. The Morgan fingerprint density at radius 2 is 1.92 bits per heavy atom. The number of hydrogen-bond donors (Lipinski definition) is 1. The number of rotatable bonds is 11. The first kappa shape index (κ1) is 26.9. The lowest BCUT2D eigenvalue weighted by Crippen LogP contribution is -2.45. The van der Waals surface area contributed by atoms with Crippen LogP contribution in [0.4, 0.5) is 5.13 Å². The van der Waals surface area contributed by atoms with Crippen LogP contribution in [0.5, 0.6) is 0 Å². The number of H-pyrrole nitrogens is 1. The molecule has 1 amide bonds. The number of nitrogens with zero attached hydrogens (tertiary/aromatic N) is 5. The van der Waals surface area contributed by atoms with Crippen LogP contribution in [0.25, 0.3) is 10.6 Å². The molecule has 1 aromatic carbocycles. The summed E-state index contributed by atoms with van der Waals surface area (Å²) in [5.74, 6) is -1.36. The first-order valence-corrected chi connectivity index (χ1v) is 12.5. The van der Waals surface area contributed by atoms with Crippen LogP contribution in [0, 0.1) is 6.92 Å². The molecule has 0 saturated carbocycles. The van der Waals surface area contributed by atoms with Gasteiger partial charge in [0.05, 0.1) is 13.2 Å². The van der Waals surface area contributed by atoms with E-state index in [2.05, 4.69) is 15.2 Å². The van der Waals surface area contributed by atoms with Crippen molar-refractivity contribution in [3.63, 3.8) is 0 Å². The summed E-state index contributed by atoms with van der Waals surface area (Å²) in [5, 5.41) is 8.58. The van der Waals surface area contributed by atoms with Gasteiger partial charge >= 0.3 is 11.7 Å². The number of aromatic amines is 1. The fourth-order valence-corrected chi connectivity index (χ4v) is 4.57. The molecule has 0 saturated heterocycles. The average molecular weight is 536 g/mol. The lowest BCUT2D eigenvalue weighted by Gasteiger charge is -2.27. The second-order valence-electron chi connectivity index (χ2n) is 7.39. The molecule has 0 fully saturated rings. The molecule has 15 heteroatoms. The summed E-state index contributed by atoms with van der Waals surface area (Å²) in [4.78, 5) is 51.9. The molecule has 192 valence electrons. The van der Waals surface area contributed by atoms with Gasteiger partial charge in [-0.1, -0.05) is 41.7 Å². The summed E-state index contributed by atoms with van der Waals surface area (Å²) < 4.78 is 30.7. The smallest absolute Gasteiger partial charge is 0.328 e. The maximum atomic E-state index is 13.0. The van der Waals surface area contributed by atoms with Crippen molar-refractivity contribution in [2.24, 2.45) is 0 Å². The standard InChI is InChI=1S/C21H24N6O7S2/c1-3-34-17(29)13-25(16(28)12-26-11-14(2)18(30)22-20(26)31)9-10-27(36(32)33)21-24-23-19(35-21)15-7-5-4-6-8-15/h4-8,11H,3,9-10,12-13H2,1-2H3,(H,32,33)(H,22,30,31)/p-1. The van der Waals surface area contributed by atoms with Crippen molar-refractivity contribution in [1.82, 2.24) is 24.6 Å². The average Bonchev–Trinajstić information content (AvgIpc) is 3.32. The Labute approximate surface area is 211 Å². The molecule has 2 heterocycles. The summed E-state index contributed by atoms with van der Waals surface area (Å²) >= 11 is -1.70. The summed E-state index contributed by atoms with van der Waals surface area (Å²) in [6, 6.07) is 9.08.